The first-order valence-electron chi connectivity index (χ1n) is 9.95. The van der Waals surface area contributed by atoms with Gasteiger partial charge in [0.1, 0.15) is 11.2 Å². The normalized spacial score (nSPS) is 17.6. The molecule has 6 heteroatoms. The fourth-order valence-corrected chi connectivity index (χ4v) is 5.13. The number of hydrogen-bond donors (Lipinski definition) is 1. The molecule has 0 aromatic carbocycles. The summed E-state index contributed by atoms with van der Waals surface area (Å²) in [4.78, 5) is 15.7. The molecule has 1 atom stereocenters. The number of anilines is 1. The fourth-order valence-electron chi connectivity index (χ4n) is 3.94. The van der Waals surface area contributed by atoms with Crippen molar-refractivity contribution in [3.63, 3.8) is 0 Å². The van der Waals surface area contributed by atoms with E-state index in [0.717, 1.165) is 40.2 Å². The highest BCUT2D eigenvalue weighted by atomic mass is 32.1. The van der Waals surface area contributed by atoms with Gasteiger partial charge in [-0.1, -0.05) is 27.2 Å². The number of nitrogens with one attached hydrogen (secondary N) is 1. The Hall–Kier alpha value is -2.34. The van der Waals surface area contributed by atoms with Crippen LogP contribution in [0.15, 0.2) is 36.0 Å². The Labute approximate surface area is 170 Å². The van der Waals surface area contributed by atoms with E-state index < -0.39 is 0 Å². The molecule has 3 aromatic heterocycles. The molecule has 0 aliphatic heterocycles. The topological polar surface area (TPSA) is 63.1 Å². The molecule has 0 saturated carbocycles. The van der Waals surface area contributed by atoms with Crippen LogP contribution in [0.1, 0.15) is 56.5 Å². The van der Waals surface area contributed by atoms with Gasteiger partial charge in [-0.15, -0.1) is 11.3 Å². The number of fused-ring (bicyclic) bond motifs is 3. The molecule has 0 amide bonds. The predicted molar refractivity (Wildman–Crippen MR) is 117 cm³/mol. The highest BCUT2D eigenvalue weighted by Crippen LogP contribution is 2.45. The summed E-state index contributed by atoms with van der Waals surface area (Å²) in [6.45, 7) is 9.09. The lowest BCUT2D eigenvalue weighted by Gasteiger charge is -2.36. The first kappa shape index (κ1) is 19.0. The first-order chi connectivity index (χ1) is 13.5. The molecule has 4 rings (SSSR count). The Kier molecular flexibility index (Phi) is 5.15. The van der Waals surface area contributed by atoms with Crippen molar-refractivity contribution in [2.45, 2.75) is 53.4 Å². The molecule has 0 bridgehead atoms. The van der Waals surface area contributed by atoms with Gasteiger partial charge < -0.3 is 0 Å². The Morgan fingerprint density at radius 3 is 2.82 bits per heavy atom. The van der Waals surface area contributed by atoms with Crippen molar-refractivity contribution in [2.24, 2.45) is 16.4 Å². The zero-order valence-corrected chi connectivity index (χ0v) is 17.8. The summed E-state index contributed by atoms with van der Waals surface area (Å²) < 4.78 is 0. The van der Waals surface area contributed by atoms with E-state index in [1.54, 1.807) is 18.7 Å². The van der Waals surface area contributed by atoms with E-state index >= 15 is 0 Å². The van der Waals surface area contributed by atoms with Gasteiger partial charge in [0.25, 0.3) is 0 Å². The number of pyridine rings is 1. The van der Waals surface area contributed by atoms with Crippen molar-refractivity contribution < 1.29 is 0 Å². The van der Waals surface area contributed by atoms with E-state index in [9.17, 15) is 0 Å². The van der Waals surface area contributed by atoms with E-state index in [-0.39, 0.29) is 0 Å². The molecular formula is C22H27N5S. The van der Waals surface area contributed by atoms with Gasteiger partial charge in [0.2, 0.25) is 0 Å². The maximum absolute atomic E-state index is 4.58. The molecule has 1 aliphatic rings. The van der Waals surface area contributed by atoms with Crippen LogP contribution in [0.25, 0.3) is 10.2 Å². The van der Waals surface area contributed by atoms with Crippen molar-refractivity contribution in [3.05, 3.63) is 46.9 Å². The van der Waals surface area contributed by atoms with Crippen LogP contribution in [0.4, 0.5) is 5.82 Å². The summed E-state index contributed by atoms with van der Waals surface area (Å²) >= 11 is 1.82. The summed E-state index contributed by atoms with van der Waals surface area (Å²) in [5.41, 5.74) is 6.95. The minimum Gasteiger partial charge on any atom is -0.265 e. The number of aromatic nitrogens is 3. The lowest BCUT2D eigenvalue weighted by molar-refractivity contribution is 0.184. The van der Waals surface area contributed by atoms with Crippen LogP contribution in [0.3, 0.4) is 0 Å². The quantitative estimate of drug-likeness (QED) is 0.461. The second kappa shape index (κ2) is 7.59. The maximum atomic E-state index is 4.58. The number of thiophene rings is 1. The molecule has 0 saturated heterocycles. The second-order valence-electron chi connectivity index (χ2n) is 8.23. The SMILES string of the molecule is CCC(C)(C)C1CCc2sc3ncnc(N/N=C(/C)c4ccncc4)c3c2C1. The molecule has 1 N–H and O–H groups in total. The predicted octanol–water partition coefficient (Wildman–Crippen LogP) is 5.46. The van der Waals surface area contributed by atoms with Crippen LogP contribution < -0.4 is 5.43 Å². The summed E-state index contributed by atoms with van der Waals surface area (Å²) in [5, 5.41) is 5.74. The number of aryl methyl sites for hydroxylation is 1. The Morgan fingerprint density at radius 2 is 2.07 bits per heavy atom. The molecule has 0 fully saturated rings. The molecule has 5 nitrogen and oxygen atoms in total. The van der Waals surface area contributed by atoms with Gasteiger partial charge in [0, 0.05) is 22.8 Å². The van der Waals surface area contributed by atoms with E-state index in [1.807, 2.05) is 30.4 Å². The number of hydrazone groups is 1. The molecule has 1 unspecified atom stereocenters. The molecule has 146 valence electrons. The van der Waals surface area contributed by atoms with Gasteiger partial charge in [-0.3, -0.25) is 10.4 Å². The molecule has 0 radical (unpaired) electrons. The Bertz CT molecular complexity index is 1010. The largest absolute Gasteiger partial charge is 0.265 e. The fraction of sp³-hybridized carbons (Fsp3) is 0.455. The van der Waals surface area contributed by atoms with Crippen LogP contribution in [-0.4, -0.2) is 20.7 Å². The van der Waals surface area contributed by atoms with Gasteiger partial charge in [-0.05, 0) is 55.2 Å². The summed E-state index contributed by atoms with van der Waals surface area (Å²) in [7, 11) is 0. The Balaban J connectivity index is 1.68. The van der Waals surface area contributed by atoms with Crippen LogP contribution >= 0.6 is 11.3 Å². The highest BCUT2D eigenvalue weighted by molar-refractivity contribution is 7.19. The lowest BCUT2D eigenvalue weighted by Crippen LogP contribution is -2.28. The molecule has 28 heavy (non-hydrogen) atoms. The van der Waals surface area contributed by atoms with E-state index in [0.29, 0.717) is 11.3 Å². The van der Waals surface area contributed by atoms with Crippen molar-refractivity contribution in [3.8, 4) is 0 Å². The number of hydrogen-bond acceptors (Lipinski definition) is 6. The number of rotatable bonds is 5. The third-order valence-electron chi connectivity index (χ3n) is 6.29. The Morgan fingerprint density at radius 1 is 1.29 bits per heavy atom. The van der Waals surface area contributed by atoms with Crippen molar-refractivity contribution >= 4 is 33.1 Å². The zero-order valence-electron chi connectivity index (χ0n) is 17.0. The van der Waals surface area contributed by atoms with Gasteiger partial charge >= 0.3 is 0 Å². The zero-order chi connectivity index (χ0) is 19.7. The van der Waals surface area contributed by atoms with Gasteiger partial charge in [-0.2, -0.15) is 5.10 Å². The smallest absolute Gasteiger partial charge is 0.158 e. The van der Waals surface area contributed by atoms with Gasteiger partial charge in [-0.25, -0.2) is 9.97 Å². The number of nitrogens with zero attached hydrogens (tertiary/aromatic N) is 4. The van der Waals surface area contributed by atoms with Gasteiger partial charge in [0.05, 0.1) is 11.1 Å². The third kappa shape index (κ3) is 3.53. The highest BCUT2D eigenvalue weighted by Gasteiger charge is 2.33. The lowest BCUT2D eigenvalue weighted by atomic mass is 9.69. The second-order valence-corrected chi connectivity index (χ2v) is 9.32. The van der Waals surface area contributed by atoms with Crippen LogP contribution in [-0.2, 0) is 12.8 Å². The van der Waals surface area contributed by atoms with Crippen molar-refractivity contribution in [1.29, 1.82) is 0 Å². The summed E-state index contributed by atoms with van der Waals surface area (Å²) in [6.07, 6.45) is 9.90. The molecule has 3 aromatic rings. The summed E-state index contributed by atoms with van der Waals surface area (Å²) in [5.74, 6) is 1.50. The van der Waals surface area contributed by atoms with E-state index in [4.69, 9.17) is 0 Å². The molecule has 3 heterocycles. The van der Waals surface area contributed by atoms with E-state index in [2.05, 4.69) is 46.3 Å². The average molecular weight is 394 g/mol. The standard InChI is InChI=1S/C22H27N5S/c1-5-22(3,4)16-6-7-18-17(12-16)19-20(24-13-25-21(19)28-18)27-26-14(2)15-8-10-23-11-9-15/h8-11,13,16H,5-7,12H2,1-4H3,(H,24,25,27)/b26-14-. The minimum atomic E-state index is 0.352. The first-order valence-corrected chi connectivity index (χ1v) is 10.8. The molecule has 0 spiro atoms. The van der Waals surface area contributed by atoms with Crippen LogP contribution in [0.5, 0.6) is 0 Å². The maximum Gasteiger partial charge on any atom is 0.158 e. The average Bonchev–Trinajstić information content (AvgIpc) is 3.11. The minimum absolute atomic E-state index is 0.352. The van der Waals surface area contributed by atoms with Crippen LogP contribution in [0, 0.1) is 11.3 Å². The van der Waals surface area contributed by atoms with E-state index in [1.165, 1.54) is 23.3 Å². The van der Waals surface area contributed by atoms with Gasteiger partial charge in [0.15, 0.2) is 5.82 Å². The van der Waals surface area contributed by atoms with Crippen LogP contribution in [0.2, 0.25) is 0 Å². The monoisotopic (exact) mass is 393 g/mol. The third-order valence-corrected chi connectivity index (χ3v) is 7.48. The van der Waals surface area contributed by atoms with Crippen molar-refractivity contribution in [1.82, 2.24) is 15.0 Å². The molecular weight excluding hydrogens is 366 g/mol. The van der Waals surface area contributed by atoms with Crippen molar-refractivity contribution in [2.75, 3.05) is 5.43 Å². The summed E-state index contributed by atoms with van der Waals surface area (Å²) in [6, 6.07) is 3.92. The molecule has 1 aliphatic carbocycles.